The Balaban J connectivity index is 1.81. The van der Waals surface area contributed by atoms with Crippen molar-refractivity contribution in [2.24, 2.45) is 0 Å². The predicted molar refractivity (Wildman–Crippen MR) is 72.7 cm³/mol. The summed E-state index contributed by atoms with van der Waals surface area (Å²) in [5.41, 5.74) is 3.53. The molecule has 0 saturated heterocycles. The average Bonchev–Trinajstić information content (AvgIpc) is 3.11. The molecule has 5 heteroatoms. The fourth-order valence-electron chi connectivity index (χ4n) is 2.33. The number of fused-ring (bicyclic) bond motifs is 2. The summed E-state index contributed by atoms with van der Waals surface area (Å²) >= 11 is 0. The molecule has 0 amide bonds. The highest BCUT2D eigenvalue weighted by Crippen LogP contribution is 2.35. The van der Waals surface area contributed by atoms with Gasteiger partial charge in [0.2, 0.25) is 6.79 Å². The summed E-state index contributed by atoms with van der Waals surface area (Å²) < 4.78 is 12.6. The van der Waals surface area contributed by atoms with Crippen LogP contribution in [0.2, 0.25) is 0 Å². The number of ether oxygens (including phenoxy) is 2. The monoisotopic (exact) mass is 268 g/mol. The van der Waals surface area contributed by atoms with Gasteiger partial charge in [-0.1, -0.05) is 6.07 Å². The summed E-state index contributed by atoms with van der Waals surface area (Å²) in [7, 11) is 0. The number of nitrogens with zero attached hydrogens (tertiary/aromatic N) is 2. The first-order valence-corrected chi connectivity index (χ1v) is 6.32. The zero-order valence-corrected chi connectivity index (χ0v) is 10.6. The second-order valence-corrected chi connectivity index (χ2v) is 4.66. The highest BCUT2D eigenvalue weighted by molar-refractivity contribution is 5.66. The van der Waals surface area contributed by atoms with Crippen LogP contribution in [0, 0.1) is 0 Å². The summed E-state index contributed by atoms with van der Waals surface area (Å²) in [6, 6.07) is 9.54. The number of imidazole rings is 1. The van der Waals surface area contributed by atoms with Crippen molar-refractivity contribution < 1.29 is 14.6 Å². The summed E-state index contributed by atoms with van der Waals surface area (Å²) in [6.07, 6.45) is 3.81. The van der Waals surface area contributed by atoms with Gasteiger partial charge in [-0.2, -0.15) is 0 Å². The molecule has 0 radical (unpaired) electrons. The Bertz CT molecular complexity index is 795. The van der Waals surface area contributed by atoms with E-state index in [0.717, 1.165) is 34.0 Å². The molecular formula is C15H12N2O3. The van der Waals surface area contributed by atoms with E-state index in [9.17, 15) is 0 Å². The molecule has 0 bridgehead atoms. The molecule has 1 aliphatic heterocycles. The molecule has 0 spiro atoms. The van der Waals surface area contributed by atoms with Crippen LogP contribution < -0.4 is 9.47 Å². The van der Waals surface area contributed by atoms with E-state index in [1.165, 1.54) is 0 Å². The summed E-state index contributed by atoms with van der Waals surface area (Å²) in [6.45, 7) is 0.289. The molecule has 0 fully saturated rings. The Morgan fingerprint density at radius 2 is 2.00 bits per heavy atom. The fraction of sp³-hybridized carbons (Fsp3) is 0.133. The Kier molecular flexibility index (Phi) is 2.40. The maximum absolute atomic E-state index is 9.16. The van der Waals surface area contributed by atoms with Gasteiger partial charge in [0.25, 0.3) is 0 Å². The van der Waals surface area contributed by atoms with Crippen LogP contribution >= 0.6 is 0 Å². The standard InChI is InChI=1S/C15H12N2O3/c18-8-10-1-4-15-16-12(7-17(15)6-10)11-2-3-13-14(5-11)20-9-19-13/h1-7,18H,8-9H2. The van der Waals surface area contributed by atoms with Gasteiger partial charge in [0, 0.05) is 18.0 Å². The topological polar surface area (TPSA) is 56.0 Å². The quantitative estimate of drug-likeness (QED) is 0.774. The van der Waals surface area contributed by atoms with Crippen molar-refractivity contribution in [3.63, 3.8) is 0 Å². The van der Waals surface area contributed by atoms with Crippen molar-refractivity contribution in [3.8, 4) is 22.8 Å². The van der Waals surface area contributed by atoms with Crippen molar-refractivity contribution >= 4 is 5.65 Å². The smallest absolute Gasteiger partial charge is 0.231 e. The third-order valence-electron chi connectivity index (χ3n) is 3.36. The second kappa shape index (κ2) is 4.25. The van der Waals surface area contributed by atoms with Gasteiger partial charge in [-0.05, 0) is 29.8 Å². The van der Waals surface area contributed by atoms with Gasteiger partial charge in [0.1, 0.15) is 5.65 Å². The van der Waals surface area contributed by atoms with E-state index >= 15 is 0 Å². The third kappa shape index (κ3) is 1.71. The molecule has 100 valence electrons. The Labute approximate surface area is 115 Å². The van der Waals surface area contributed by atoms with E-state index in [1.807, 2.05) is 47.1 Å². The molecule has 1 aliphatic rings. The normalized spacial score (nSPS) is 13.1. The van der Waals surface area contributed by atoms with Gasteiger partial charge < -0.3 is 19.0 Å². The van der Waals surface area contributed by atoms with E-state index in [2.05, 4.69) is 4.98 Å². The van der Waals surface area contributed by atoms with Gasteiger partial charge >= 0.3 is 0 Å². The van der Waals surface area contributed by atoms with Gasteiger partial charge in [0.05, 0.1) is 12.3 Å². The van der Waals surface area contributed by atoms with Crippen LogP contribution in [-0.4, -0.2) is 21.3 Å². The molecule has 0 unspecified atom stereocenters. The largest absolute Gasteiger partial charge is 0.454 e. The number of rotatable bonds is 2. The first-order valence-electron chi connectivity index (χ1n) is 6.32. The summed E-state index contributed by atoms with van der Waals surface area (Å²) in [5, 5.41) is 9.16. The molecule has 0 atom stereocenters. The molecule has 2 aromatic heterocycles. The van der Waals surface area contributed by atoms with E-state index < -0.39 is 0 Å². The number of benzene rings is 1. The number of hydrogen-bond donors (Lipinski definition) is 1. The van der Waals surface area contributed by atoms with E-state index in [0.29, 0.717) is 0 Å². The number of aromatic nitrogens is 2. The minimum absolute atomic E-state index is 0.0213. The molecule has 0 aliphatic carbocycles. The first-order chi connectivity index (χ1) is 9.83. The van der Waals surface area contributed by atoms with Crippen LogP contribution in [0.1, 0.15) is 5.56 Å². The Morgan fingerprint density at radius 3 is 2.90 bits per heavy atom. The van der Waals surface area contributed by atoms with Crippen molar-refractivity contribution in [1.29, 1.82) is 0 Å². The first kappa shape index (κ1) is 11.3. The number of pyridine rings is 1. The SMILES string of the molecule is OCc1ccc2nc(-c3ccc4c(c3)OCO4)cn2c1. The average molecular weight is 268 g/mol. The molecule has 4 rings (SSSR count). The Hall–Kier alpha value is -2.53. The lowest BCUT2D eigenvalue weighted by Crippen LogP contribution is -1.92. The highest BCUT2D eigenvalue weighted by atomic mass is 16.7. The maximum Gasteiger partial charge on any atom is 0.231 e. The van der Waals surface area contributed by atoms with Crippen molar-refractivity contribution in [2.45, 2.75) is 6.61 Å². The molecule has 1 N–H and O–H groups in total. The predicted octanol–water partition coefficient (Wildman–Crippen LogP) is 2.22. The minimum Gasteiger partial charge on any atom is -0.454 e. The molecule has 3 aromatic rings. The van der Waals surface area contributed by atoms with Gasteiger partial charge in [-0.3, -0.25) is 0 Å². The third-order valence-corrected chi connectivity index (χ3v) is 3.36. The van der Waals surface area contributed by atoms with E-state index in [-0.39, 0.29) is 13.4 Å². The lowest BCUT2D eigenvalue weighted by molar-refractivity contribution is 0.174. The Morgan fingerprint density at radius 1 is 1.10 bits per heavy atom. The van der Waals surface area contributed by atoms with Crippen molar-refractivity contribution in [2.75, 3.05) is 6.79 Å². The van der Waals surface area contributed by atoms with Gasteiger partial charge in [-0.15, -0.1) is 0 Å². The van der Waals surface area contributed by atoms with Crippen molar-refractivity contribution in [1.82, 2.24) is 9.38 Å². The number of hydrogen-bond acceptors (Lipinski definition) is 4. The second-order valence-electron chi connectivity index (χ2n) is 4.66. The van der Waals surface area contributed by atoms with E-state index in [4.69, 9.17) is 14.6 Å². The molecule has 20 heavy (non-hydrogen) atoms. The van der Waals surface area contributed by atoms with Crippen LogP contribution in [0.3, 0.4) is 0 Å². The molecule has 0 saturated carbocycles. The summed E-state index contributed by atoms with van der Waals surface area (Å²) in [4.78, 5) is 4.57. The fourth-order valence-corrected chi connectivity index (χ4v) is 2.33. The maximum atomic E-state index is 9.16. The number of aliphatic hydroxyl groups excluding tert-OH is 1. The van der Waals surface area contributed by atoms with Crippen molar-refractivity contribution in [3.05, 3.63) is 48.3 Å². The molecular weight excluding hydrogens is 256 g/mol. The van der Waals surface area contributed by atoms with Crippen LogP contribution in [0.4, 0.5) is 0 Å². The molecule has 3 heterocycles. The highest BCUT2D eigenvalue weighted by Gasteiger charge is 2.15. The zero-order chi connectivity index (χ0) is 13.5. The van der Waals surface area contributed by atoms with E-state index in [1.54, 1.807) is 0 Å². The summed E-state index contributed by atoms with van der Waals surface area (Å²) in [5.74, 6) is 1.51. The van der Waals surface area contributed by atoms with Crippen LogP contribution in [-0.2, 0) is 6.61 Å². The zero-order valence-electron chi connectivity index (χ0n) is 10.6. The van der Waals surface area contributed by atoms with Crippen LogP contribution in [0.5, 0.6) is 11.5 Å². The molecule has 1 aromatic carbocycles. The van der Waals surface area contributed by atoms with Crippen LogP contribution in [0.25, 0.3) is 16.9 Å². The van der Waals surface area contributed by atoms with Gasteiger partial charge in [-0.25, -0.2) is 4.98 Å². The lowest BCUT2D eigenvalue weighted by Gasteiger charge is -1.98. The van der Waals surface area contributed by atoms with Gasteiger partial charge in [0.15, 0.2) is 11.5 Å². The molecule has 5 nitrogen and oxygen atoms in total. The minimum atomic E-state index is 0.0213. The lowest BCUT2D eigenvalue weighted by atomic mass is 10.1. The van der Waals surface area contributed by atoms with Crippen LogP contribution in [0.15, 0.2) is 42.7 Å². The number of aliphatic hydroxyl groups is 1.